The summed E-state index contributed by atoms with van der Waals surface area (Å²) in [6.45, 7) is 2.36. The van der Waals surface area contributed by atoms with E-state index in [1.807, 2.05) is 25.1 Å². The number of anilines is 1. The van der Waals surface area contributed by atoms with Crippen LogP contribution < -0.4 is 10.1 Å². The number of halogens is 1. The van der Waals surface area contributed by atoms with Crippen LogP contribution in [0.25, 0.3) is 11.3 Å². The van der Waals surface area contributed by atoms with Gasteiger partial charge in [-0.15, -0.1) is 0 Å². The molecule has 0 aliphatic rings. The lowest BCUT2D eigenvalue weighted by Gasteiger charge is -2.09. The van der Waals surface area contributed by atoms with Gasteiger partial charge in [-0.1, -0.05) is 17.7 Å². The number of carbonyl (C=O) groups is 1. The zero-order chi connectivity index (χ0) is 18.7. The Balaban J connectivity index is 1.74. The Labute approximate surface area is 156 Å². The summed E-state index contributed by atoms with van der Waals surface area (Å²) in [4.78, 5) is 11.1. The van der Waals surface area contributed by atoms with Crippen LogP contribution >= 0.6 is 11.6 Å². The number of hydrogen-bond donors (Lipinski definition) is 2. The number of aryl methyl sites for hydroxylation is 1. The van der Waals surface area contributed by atoms with Crippen molar-refractivity contribution in [1.29, 1.82) is 0 Å². The first-order chi connectivity index (χ1) is 12.5. The summed E-state index contributed by atoms with van der Waals surface area (Å²) in [5, 5.41) is 12.8. The number of carboxylic acids is 1. The summed E-state index contributed by atoms with van der Waals surface area (Å²) in [5.41, 5.74) is 2.82. The first-order valence-electron chi connectivity index (χ1n) is 7.98. The monoisotopic (exact) mass is 371 g/mol. The van der Waals surface area contributed by atoms with Crippen molar-refractivity contribution in [3.63, 3.8) is 0 Å². The molecule has 3 rings (SSSR count). The smallest absolute Gasteiger partial charge is 0.335 e. The second-order valence-electron chi connectivity index (χ2n) is 5.80. The molecule has 0 saturated heterocycles. The van der Waals surface area contributed by atoms with E-state index >= 15 is 0 Å². The molecule has 0 aliphatic carbocycles. The van der Waals surface area contributed by atoms with E-state index in [9.17, 15) is 4.79 Å². The molecule has 2 aromatic carbocycles. The molecule has 1 aromatic heterocycles. The zero-order valence-corrected chi connectivity index (χ0v) is 15.1. The summed E-state index contributed by atoms with van der Waals surface area (Å²) in [6, 6.07) is 14.2. The molecule has 26 heavy (non-hydrogen) atoms. The van der Waals surface area contributed by atoms with Crippen LogP contribution in [0.2, 0.25) is 5.02 Å². The van der Waals surface area contributed by atoms with Gasteiger partial charge in [-0.05, 0) is 55.0 Å². The molecule has 1 heterocycles. The van der Waals surface area contributed by atoms with E-state index in [0.29, 0.717) is 23.1 Å². The highest BCUT2D eigenvalue weighted by Crippen LogP contribution is 2.31. The highest BCUT2D eigenvalue weighted by Gasteiger charge is 2.10. The van der Waals surface area contributed by atoms with E-state index in [2.05, 4.69) is 5.32 Å². The van der Waals surface area contributed by atoms with E-state index < -0.39 is 5.97 Å². The fourth-order valence-corrected chi connectivity index (χ4v) is 2.83. The van der Waals surface area contributed by atoms with Gasteiger partial charge in [0.05, 0.1) is 24.2 Å². The summed E-state index contributed by atoms with van der Waals surface area (Å²) in [6.07, 6.45) is 0. The molecule has 6 heteroatoms. The van der Waals surface area contributed by atoms with Crippen molar-refractivity contribution in [2.75, 3.05) is 12.4 Å². The van der Waals surface area contributed by atoms with E-state index in [0.717, 1.165) is 22.6 Å². The van der Waals surface area contributed by atoms with Crippen LogP contribution in [0.1, 0.15) is 21.7 Å². The van der Waals surface area contributed by atoms with E-state index in [4.69, 9.17) is 25.9 Å². The van der Waals surface area contributed by atoms with Crippen molar-refractivity contribution in [2.45, 2.75) is 13.5 Å². The lowest BCUT2D eigenvalue weighted by atomic mass is 10.1. The minimum absolute atomic E-state index is 0.242. The normalized spacial score (nSPS) is 10.6. The Morgan fingerprint density at radius 1 is 1.19 bits per heavy atom. The van der Waals surface area contributed by atoms with Crippen molar-refractivity contribution in [1.82, 2.24) is 0 Å². The van der Waals surface area contributed by atoms with Gasteiger partial charge in [0.2, 0.25) is 0 Å². The average molecular weight is 372 g/mol. The largest absolute Gasteiger partial charge is 0.495 e. The van der Waals surface area contributed by atoms with E-state index in [1.54, 1.807) is 37.4 Å². The number of nitrogens with one attached hydrogen (secondary N) is 1. The van der Waals surface area contributed by atoms with Gasteiger partial charge in [0.1, 0.15) is 17.3 Å². The lowest BCUT2D eigenvalue weighted by Crippen LogP contribution is -2.03. The molecule has 0 radical (unpaired) electrons. The summed E-state index contributed by atoms with van der Waals surface area (Å²) < 4.78 is 11.0. The predicted octanol–water partition coefficient (Wildman–Crippen LogP) is 5.23. The van der Waals surface area contributed by atoms with Gasteiger partial charge in [-0.25, -0.2) is 4.79 Å². The maximum absolute atomic E-state index is 11.1. The highest BCUT2D eigenvalue weighted by atomic mass is 35.5. The number of ether oxygens (including phenoxy) is 1. The Bertz CT molecular complexity index is 949. The van der Waals surface area contributed by atoms with Crippen LogP contribution in [0.5, 0.6) is 5.75 Å². The summed E-state index contributed by atoms with van der Waals surface area (Å²) >= 11 is 6.16. The molecule has 5 nitrogen and oxygen atoms in total. The molecule has 0 amide bonds. The van der Waals surface area contributed by atoms with Crippen molar-refractivity contribution >= 4 is 23.3 Å². The van der Waals surface area contributed by atoms with Crippen LogP contribution in [-0.4, -0.2) is 18.2 Å². The Hall–Kier alpha value is -2.92. The number of benzene rings is 2. The molecule has 0 aliphatic heterocycles. The molecule has 0 bridgehead atoms. The molecule has 0 unspecified atom stereocenters. The number of hydrogen-bond acceptors (Lipinski definition) is 4. The molecular weight excluding hydrogens is 354 g/mol. The van der Waals surface area contributed by atoms with Crippen LogP contribution in [-0.2, 0) is 6.54 Å². The third-order valence-electron chi connectivity index (χ3n) is 4.04. The van der Waals surface area contributed by atoms with Gasteiger partial charge in [0.15, 0.2) is 0 Å². The average Bonchev–Trinajstić information content (AvgIpc) is 3.09. The third kappa shape index (κ3) is 3.83. The number of furan rings is 1. The Kier molecular flexibility index (Phi) is 5.19. The molecule has 0 atom stereocenters. The molecule has 3 aromatic rings. The summed E-state index contributed by atoms with van der Waals surface area (Å²) in [7, 11) is 1.57. The van der Waals surface area contributed by atoms with E-state index in [-0.39, 0.29) is 5.56 Å². The first kappa shape index (κ1) is 17.9. The zero-order valence-electron chi connectivity index (χ0n) is 14.4. The highest BCUT2D eigenvalue weighted by molar-refractivity contribution is 6.32. The summed E-state index contributed by atoms with van der Waals surface area (Å²) in [5.74, 6) is 1.08. The van der Waals surface area contributed by atoms with Crippen LogP contribution in [0.4, 0.5) is 5.69 Å². The maximum atomic E-state index is 11.1. The van der Waals surface area contributed by atoms with Gasteiger partial charge < -0.3 is 19.6 Å². The maximum Gasteiger partial charge on any atom is 0.335 e. The minimum Gasteiger partial charge on any atom is -0.495 e. The van der Waals surface area contributed by atoms with Gasteiger partial charge in [-0.2, -0.15) is 0 Å². The molecule has 0 spiro atoms. The van der Waals surface area contributed by atoms with E-state index in [1.165, 1.54) is 0 Å². The van der Waals surface area contributed by atoms with Crippen molar-refractivity contribution in [2.24, 2.45) is 0 Å². The fraction of sp³-hybridized carbons (Fsp3) is 0.150. The third-order valence-corrected chi connectivity index (χ3v) is 4.33. The number of methoxy groups -OCH3 is 1. The van der Waals surface area contributed by atoms with Crippen molar-refractivity contribution in [3.8, 4) is 17.1 Å². The molecule has 0 saturated carbocycles. The minimum atomic E-state index is -0.954. The van der Waals surface area contributed by atoms with Crippen LogP contribution in [0, 0.1) is 6.92 Å². The SMILES string of the molecule is COc1ccc(-c2ccc(CNc3cc(C(=O)O)ccc3C)o2)cc1Cl. The first-order valence-corrected chi connectivity index (χ1v) is 8.36. The van der Waals surface area contributed by atoms with Crippen LogP contribution in [0.3, 0.4) is 0 Å². The molecule has 2 N–H and O–H groups in total. The van der Waals surface area contributed by atoms with Crippen molar-refractivity contribution in [3.05, 3.63) is 70.4 Å². The second-order valence-corrected chi connectivity index (χ2v) is 6.21. The van der Waals surface area contributed by atoms with Gasteiger partial charge in [-0.3, -0.25) is 0 Å². The lowest BCUT2D eigenvalue weighted by molar-refractivity contribution is 0.0697. The molecule has 0 fully saturated rings. The van der Waals surface area contributed by atoms with Gasteiger partial charge >= 0.3 is 5.97 Å². The Morgan fingerprint density at radius 3 is 2.69 bits per heavy atom. The molecule has 134 valence electrons. The van der Waals surface area contributed by atoms with Crippen LogP contribution in [0.15, 0.2) is 52.9 Å². The second kappa shape index (κ2) is 7.54. The number of rotatable bonds is 6. The predicted molar refractivity (Wildman–Crippen MR) is 101 cm³/mol. The number of carboxylic acid groups (broad SMARTS) is 1. The topological polar surface area (TPSA) is 71.7 Å². The Morgan fingerprint density at radius 2 is 2.00 bits per heavy atom. The fourth-order valence-electron chi connectivity index (χ4n) is 2.58. The molecular formula is C20H18ClNO4. The standard InChI is InChI=1S/C20H18ClNO4/c1-12-3-4-14(20(23)24)10-17(12)22-11-15-6-8-18(26-15)13-5-7-19(25-2)16(21)9-13/h3-10,22H,11H2,1-2H3,(H,23,24). The van der Waals surface area contributed by atoms with Crippen molar-refractivity contribution < 1.29 is 19.1 Å². The quantitative estimate of drug-likeness (QED) is 0.621. The number of aromatic carboxylic acids is 1. The van der Waals surface area contributed by atoms with Gasteiger partial charge in [0, 0.05) is 11.3 Å². The van der Waals surface area contributed by atoms with Gasteiger partial charge in [0.25, 0.3) is 0 Å².